The molecular weight excluding hydrogens is 432 g/mol. The normalized spacial score (nSPS) is 14.9. The van der Waals surface area contributed by atoms with Crippen LogP contribution in [0, 0.1) is 10.1 Å². The Morgan fingerprint density at radius 1 is 1.21 bits per heavy atom. The Balaban J connectivity index is 1.35. The van der Waals surface area contributed by atoms with Crippen LogP contribution in [0.15, 0.2) is 41.8 Å². The number of aromatic nitrogens is 1. The van der Waals surface area contributed by atoms with E-state index in [0.29, 0.717) is 42.8 Å². The second kappa shape index (κ2) is 8.58. The molecule has 1 aliphatic heterocycles. The summed E-state index contributed by atoms with van der Waals surface area (Å²) in [5, 5.41) is 13.5. The predicted molar refractivity (Wildman–Crippen MR) is 115 cm³/mol. The number of benzene rings is 1. The summed E-state index contributed by atoms with van der Waals surface area (Å²) in [4.78, 5) is 32.8. The molecule has 3 aromatic rings. The number of carbonyl (C=O) groups is 1. The average Bonchev–Trinajstić information content (AvgIpc) is 3.37. The minimum atomic E-state index is -0.383. The Morgan fingerprint density at radius 2 is 2.00 bits per heavy atom. The maximum absolute atomic E-state index is 12.8. The standard InChI is InChI=1S/C19H17ClN4O3S2/c20-17-5-4-16(29-17)18-21-15(12-28-18)19(25)23-8-6-22(7-9-23)11-13-2-1-3-14(10-13)24(26)27/h1-5,10,12H,6-9,11H2. The van der Waals surface area contributed by atoms with Crippen LogP contribution in [0.4, 0.5) is 5.69 Å². The highest BCUT2D eigenvalue weighted by atomic mass is 35.5. The molecule has 0 unspecified atom stereocenters. The number of carbonyl (C=O) groups excluding carboxylic acids is 1. The van der Waals surface area contributed by atoms with Crippen molar-refractivity contribution in [1.82, 2.24) is 14.8 Å². The van der Waals surface area contributed by atoms with Crippen LogP contribution in [0.2, 0.25) is 4.34 Å². The molecular formula is C19H17ClN4O3S2. The fourth-order valence-electron chi connectivity index (χ4n) is 3.21. The van der Waals surface area contributed by atoms with Crippen molar-refractivity contribution in [2.45, 2.75) is 6.54 Å². The van der Waals surface area contributed by atoms with E-state index in [1.807, 2.05) is 23.1 Å². The highest BCUT2D eigenvalue weighted by Crippen LogP contribution is 2.33. The number of halogens is 1. The van der Waals surface area contributed by atoms with Crippen molar-refractivity contribution in [3.63, 3.8) is 0 Å². The van der Waals surface area contributed by atoms with E-state index >= 15 is 0 Å². The Hall–Kier alpha value is -2.33. The van der Waals surface area contributed by atoms with Crippen LogP contribution in [-0.4, -0.2) is 51.8 Å². The summed E-state index contributed by atoms with van der Waals surface area (Å²) >= 11 is 8.87. The average molecular weight is 449 g/mol. The number of nitrogens with zero attached hydrogens (tertiary/aromatic N) is 4. The fourth-order valence-corrected chi connectivity index (χ4v) is 5.12. The van der Waals surface area contributed by atoms with E-state index in [4.69, 9.17) is 11.6 Å². The van der Waals surface area contributed by atoms with Crippen molar-refractivity contribution < 1.29 is 9.72 Å². The monoisotopic (exact) mass is 448 g/mol. The van der Waals surface area contributed by atoms with Gasteiger partial charge in [0.15, 0.2) is 0 Å². The number of hydrogen-bond acceptors (Lipinski definition) is 7. The van der Waals surface area contributed by atoms with Gasteiger partial charge in [0, 0.05) is 50.2 Å². The number of thiazole rings is 1. The maximum Gasteiger partial charge on any atom is 0.273 e. The van der Waals surface area contributed by atoms with E-state index in [-0.39, 0.29) is 16.5 Å². The van der Waals surface area contributed by atoms with Crippen LogP contribution in [-0.2, 0) is 6.54 Å². The molecule has 0 N–H and O–H groups in total. The topological polar surface area (TPSA) is 79.6 Å². The Morgan fingerprint density at radius 3 is 2.69 bits per heavy atom. The van der Waals surface area contributed by atoms with E-state index in [1.54, 1.807) is 17.5 Å². The van der Waals surface area contributed by atoms with E-state index < -0.39 is 0 Å². The first-order chi connectivity index (χ1) is 14.0. The van der Waals surface area contributed by atoms with Crippen LogP contribution < -0.4 is 0 Å². The molecule has 0 radical (unpaired) electrons. The third-order valence-corrected chi connectivity index (χ3v) is 6.94. The molecule has 7 nitrogen and oxygen atoms in total. The number of nitro groups is 1. The lowest BCUT2D eigenvalue weighted by atomic mass is 10.1. The zero-order chi connectivity index (χ0) is 20.4. The van der Waals surface area contributed by atoms with Gasteiger partial charge in [-0.3, -0.25) is 19.8 Å². The third-order valence-electron chi connectivity index (χ3n) is 4.69. The molecule has 0 aliphatic carbocycles. The maximum atomic E-state index is 12.8. The lowest BCUT2D eigenvalue weighted by Gasteiger charge is -2.34. The summed E-state index contributed by atoms with van der Waals surface area (Å²) in [5.41, 5.74) is 1.46. The zero-order valence-corrected chi connectivity index (χ0v) is 17.7. The number of piperazine rings is 1. The van der Waals surface area contributed by atoms with Crippen LogP contribution in [0.5, 0.6) is 0 Å². The van der Waals surface area contributed by atoms with Gasteiger partial charge in [0.2, 0.25) is 0 Å². The molecule has 10 heteroatoms. The van der Waals surface area contributed by atoms with Crippen LogP contribution in [0.3, 0.4) is 0 Å². The van der Waals surface area contributed by atoms with Crippen molar-refractivity contribution in [3.05, 3.63) is 67.5 Å². The zero-order valence-electron chi connectivity index (χ0n) is 15.3. The van der Waals surface area contributed by atoms with Crippen molar-refractivity contribution in [2.24, 2.45) is 0 Å². The number of nitro benzene ring substituents is 1. The SMILES string of the molecule is O=C(c1csc(-c2ccc(Cl)s2)n1)N1CCN(Cc2cccc([N+](=O)[O-])c2)CC1. The van der Waals surface area contributed by atoms with Crippen molar-refractivity contribution in [1.29, 1.82) is 0 Å². The van der Waals surface area contributed by atoms with Gasteiger partial charge in [-0.1, -0.05) is 23.7 Å². The van der Waals surface area contributed by atoms with Gasteiger partial charge in [0.25, 0.3) is 11.6 Å². The quantitative estimate of drug-likeness (QED) is 0.427. The molecule has 1 aromatic carbocycles. The van der Waals surface area contributed by atoms with Crippen molar-refractivity contribution in [3.8, 4) is 9.88 Å². The summed E-state index contributed by atoms with van der Waals surface area (Å²) < 4.78 is 0.697. The van der Waals surface area contributed by atoms with Crippen LogP contribution in [0.25, 0.3) is 9.88 Å². The molecule has 3 heterocycles. The summed E-state index contributed by atoms with van der Waals surface area (Å²) in [6, 6.07) is 10.4. The first kappa shape index (κ1) is 20.0. The number of hydrogen-bond donors (Lipinski definition) is 0. The number of non-ortho nitro benzene ring substituents is 1. The first-order valence-electron chi connectivity index (χ1n) is 8.96. The molecule has 29 heavy (non-hydrogen) atoms. The van der Waals surface area contributed by atoms with Crippen LogP contribution >= 0.6 is 34.3 Å². The highest BCUT2D eigenvalue weighted by molar-refractivity contribution is 7.23. The molecule has 2 aromatic heterocycles. The van der Waals surface area contributed by atoms with Gasteiger partial charge in [0.1, 0.15) is 10.7 Å². The lowest BCUT2D eigenvalue weighted by molar-refractivity contribution is -0.384. The molecule has 1 fully saturated rings. The van der Waals surface area contributed by atoms with Gasteiger partial charge < -0.3 is 4.90 Å². The second-order valence-corrected chi connectivity index (χ2v) is 9.21. The lowest BCUT2D eigenvalue weighted by Crippen LogP contribution is -2.48. The summed E-state index contributed by atoms with van der Waals surface area (Å²) in [6.45, 7) is 3.26. The van der Waals surface area contributed by atoms with Gasteiger partial charge >= 0.3 is 0 Å². The summed E-state index contributed by atoms with van der Waals surface area (Å²) in [5.74, 6) is -0.0647. The summed E-state index contributed by atoms with van der Waals surface area (Å²) in [7, 11) is 0. The Kier molecular flexibility index (Phi) is 5.91. The third kappa shape index (κ3) is 4.64. The predicted octanol–water partition coefficient (Wildman–Crippen LogP) is 4.39. The smallest absolute Gasteiger partial charge is 0.273 e. The molecule has 1 amide bonds. The van der Waals surface area contributed by atoms with E-state index in [2.05, 4.69) is 9.88 Å². The molecule has 1 aliphatic rings. The molecule has 4 rings (SSSR count). The molecule has 150 valence electrons. The number of rotatable bonds is 5. The molecule has 0 atom stereocenters. The van der Waals surface area contributed by atoms with Gasteiger partial charge in [-0.15, -0.1) is 22.7 Å². The summed E-state index contributed by atoms with van der Waals surface area (Å²) in [6.07, 6.45) is 0. The first-order valence-corrected chi connectivity index (χ1v) is 11.0. The van der Waals surface area contributed by atoms with Gasteiger partial charge in [-0.2, -0.15) is 0 Å². The molecule has 0 saturated carbocycles. The number of amides is 1. The van der Waals surface area contributed by atoms with E-state index in [0.717, 1.165) is 15.4 Å². The van der Waals surface area contributed by atoms with Crippen LogP contribution in [0.1, 0.15) is 16.1 Å². The van der Waals surface area contributed by atoms with E-state index in [1.165, 1.54) is 28.7 Å². The van der Waals surface area contributed by atoms with E-state index in [9.17, 15) is 14.9 Å². The van der Waals surface area contributed by atoms with Crippen molar-refractivity contribution in [2.75, 3.05) is 26.2 Å². The minimum Gasteiger partial charge on any atom is -0.335 e. The van der Waals surface area contributed by atoms with Gasteiger partial charge in [-0.25, -0.2) is 4.98 Å². The molecule has 0 bridgehead atoms. The molecule has 1 saturated heterocycles. The Labute approximate surface area is 180 Å². The highest BCUT2D eigenvalue weighted by Gasteiger charge is 2.24. The number of thiophene rings is 1. The largest absolute Gasteiger partial charge is 0.335 e. The Bertz CT molecular complexity index is 1040. The fraction of sp³-hybridized carbons (Fsp3) is 0.263. The van der Waals surface area contributed by atoms with Crippen molar-refractivity contribution >= 4 is 45.9 Å². The minimum absolute atomic E-state index is 0.0647. The van der Waals surface area contributed by atoms with Gasteiger partial charge in [0.05, 0.1) is 14.1 Å². The van der Waals surface area contributed by atoms with Gasteiger partial charge in [-0.05, 0) is 17.7 Å². The molecule has 0 spiro atoms. The second-order valence-electron chi connectivity index (χ2n) is 6.64.